The van der Waals surface area contributed by atoms with E-state index in [2.05, 4.69) is 5.10 Å². The molecule has 0 atom stereocenters. The minimum Gasteiger partial charge on any atom is -0.443 e. The number of primary amides is 1. The van der Waals surface area contributed by atoms with Crippen molar-refractivity contribution < 1.29 is 9.53 Å². The summed E-state index contributed by atoms with van der Waals surface area (Å²) in [6.45, 7) is 6.17. The van der Waals surface area contributed by atoms with Crippen LogP contribution in [-0.4, -0.2) is 15.9 Å². The Morgan fingerprint density at radius 2 is 1.96 bits per heavy atom. The molecule has 0 aliphatic rings. The molecule has 24 heavy (non-hydrogen) atoms. The van der Waals surface area contributed by atoms with Crippen LogP contribution in [0.2, 0.25) is 10.0 Å². The number of nitrogens with two attached hydrogens (primary N) is 1. The molecule has 0 aliphatic heterocycles. The zero-order chi connectivity index (χ0) is 17.9. The summed E-state index contributed by atoms with van der Waals surface area (Å²) in [7, 11) is 0. The Labute approximate surface area is 155 Å². The Morgan fingerprint density at radius 1 is 1.33 bits per heavy atom. The van der Waals surface area contributed by atoms with Gasteiger partial charge in [0.2, 0.25) is 0 Å². The van der Waals surface area contributed by atoms with Gasteiger partial charge in [0, 0.05) is 26.5 Å². The summed E-state index contributed by atoms with van der Waals surface area (Å²) < 4.78 is 6.83. The Kier molecular flexibility index (Phi) is 6.43. The van der Waals surface area contributed by atoms with E-state index in [1.807, 2.05) is 37.6 Å². The maximum Gasteiger partial charge on any atom is 0.404 e. The number of carbonyl (C=O) groups excluding carboxylic acids is 1. The molecule has 2 rings (SSSR count). The molecule has 5 nitrogen and oxygen atoms in total. The highest BCUT2D eigenvalue weighted by atomic mass is 35.5. The Hall–Kier alpha value is -1.37. The van der Waals surface area contributed by atoms with E-state index in [-0.39, 0.29) is 12.6 Å². The fourth-order valence-electron chi connectivity index (χ4n) is 2.27. The van der Waals surface area contributed by atoms with Gasteiger partial charge in [-0.2, -0.15) is 5.10 Å². The van der Waals surface area contributed by atoms with Gasteiger partial charge in [0.1, 0.15) is 17.3 Å². The van der Waals surface area contributed by atoms with E-state index in [9.17, 15) is 4.79 Å². The van der Waals surface area contributed by atoms with Crippen molar-refractivity contribution in [2.24, 2.45) is 5.73 Å². The van der Waals surface area contributed by atoms with E-state index >= 15 is 0 Å². The smallest absolute Gasteiger partial charge is 0.404 e. The third-order valence-corrected chi connectivity index (χ3v) is 4.82. The number of rotatable bonds is 6. The summed E-state index contributed by atoms with van der Waals surface area (Å²) in [5.41, 5.74) is 6.79. The van der Waals surface area contributed by atoms with Gasteiger partial charge >= 0.3 is 6.09 Å². The predicted octanol–water partition coefficient (Wildman–Crippen LogP) is 5.08. The molecule has 1 aromatic carbocycles. The average molecular weight is 388 g/mol. The van der Waals surface area contributed by atoms with Crippen LogP contribution in [0.4, 0.5) is 4.79 Å². The maximum absolute atomic E-state index is 10.9. The number of benzene rings is 1. The molecule has 0 saturated heterocycles. The third kappa shape index (κ3) is 4.59. The van der Waals surface area contributed by atoms with Gasteiger partial charge in [-0.25, -0.2) is 4.79 Å². The summed E-state index contributed by atoms with van der Waals surface area (Å²) in [6, 6.07) is 5.55. The molecule has 8 heteroatoms. The van der Waals surface area contributed by atoms with Crippen LogP contribution in [0.25, 0.3) is 0 Å². The van der Waals surface area contributed by atoms with Gasteiger partial charge in [-0.05, 0) is 38.5 Å². The van der Waals surface area contributed by atoms with Crippen LogP contribution in [0, 0.1) is 0 Å². The number of amides is 1. The molecular formula is C16H19Cl2N3O2S. The van der Waals surface area contributed by atoms with E-state index in [0.717, 1.165) is 21.9 Å². The number of halogens is 2. The third-order valence-electron chi connectivity index (χ3n) is 3.29. The van der Waals surface area contributed by atoms with Crippen LogP contribution in [0.1, 0.15) is 38.1 Å². The van der Waals surface area contributed by atoms with Gasteiger partial charge in [0.05, 0.1) is 0 Å². The Balaban J connectivity index is 2.43. The first-order valence-corrected chi connectivity index (χ1v) is 9.05. The normalized spacial score (nSPS) is 11.1. The molecule has 1 heterocycles. The van der Waals surface area contributed by atoms with E-state index < -0.39 is 6.09 Å². The van der Waals surface area contributed by atoms with Crippen LogP contribution in [0.5, 0.6) is 0 Å². The zero-order valence-corrected chi connectivity index (χ0v) is 16.0. The summed E-state index contributed by atoms with van der Waals surface area (Å²) in [5, 5.41) is 6.73. The van der Waals surface area contributed by atoms with Crippen molar-refractivity contribution in [3.63, 3.8) is 0 Å². The van der Waals surface area contributed by atoms with Crippen LogP contribution in [0.3, 0.4) is 0 Å². The Bertz CT molecular complexity index is 727. The molecule has 0 spiro atoms. The molecule has 0 aliphatic carbocycles. The van der Waals surface area contributed by atoms with Crippen molar-refractivity contribution in [2.45, 2.75) is 49.8 Å². The minimum absolute atomic E-state index is 0.0576. The van der Waals surface area contributed by atoms with E-state index in [4.69, 9.17) is 33.7 Å². The molecule has 0 fully saturated rings. The van der Waals surface area contributed by atoms with Crippen molar-refractivity contribution in [3.05, 3.63) is 39.5 Å². The first-order chi connectivity index (χ1) is 11.3. The standard InChI is InChI=1S/C16H19Cl2N3O2S/c1-4-13-14(8-23-16(19)22)20-21(9(2)3)15(13)24-12-6-10(17)5-11(18)7-12/h5-7,9H,4,8H2,1-3H3,(H2,19,22). The average Bonchev–Trinajstić information content (AvgIpc) is 2.81. The molecule has 2 N–H and O–H groups in total. The predicted molar refractivity (Wildman–Crippen MR) is 96.9 cm³/mol. The fourth-order valence-corrected chi connectivity index (χ4v) is 4.25. The largest absolute Gasteiger partial charge is 0.443 e. The first kappa shape index (κ1) is 19.0. The molecule has 0 unspecified atom stereocenters. The second kappa shape index (κ2) is 8.14. The number of hydrogen-bond acceptors (Lipinski definition) is 4. The van der Waals surface area contributed by atoms with Gasteiger partial charge in [-0.3, -0.25) is 4.68 Å². The lowest BCUT2D eigenvalue weighted by Gasteiger charge is -2.12. The van der Waals surface area contributed by atoms with Crippen molar-refractivity contribution >= 4 is 41.1 Å². The Morgan fingerprint density at radius 3 is 2.46 bits per heavy atom. The highest BCUT2D eigenvalue weighted by Gasteiger charge is 2.20. The van der Waals surface area contributed by atoms with Crippen molar-refractivity contribution in [3.8, 4) is 0 Å². The topological polar surface area (TPSA) is 70.1 Å². The molecule has 1 aromatic heterocycles. The second-order valence-corrected chi connectivity index (χ2v) is 7.37. The SMILES string of the molecule is CCc1c(COC(N)=O)nn(C(C)C)c1Sc1cc(Cl)cc(Cl)c1. The first-order valence-electron chi connectivity index (χ1n) is 7.48. The quantitative estimate of drug-likeness (QED) is 0.749. The monoisotopic (exact) mass is 387 g/mol. The summed E-state index contributed by atoms with van der Waals surface area (Å²) >= 11 is 13.7. The van der Waals surface area contributed by atoms with Crippen LogP contribution in [-0.2, 0) is 17.8 Å². The van der Waals surface area contributed by atoms with Crippen LogP contribution in [0.15, 0.2) is 28.1 Å². The maximum atomic E-state index is 10.9. The number of hydrogen-bond donors (Lipinski definition) is 1. The van der Waals surface area contributed by atoms with Crippen molar-refractivity contribution in [1.82, 2.24) is 9.78 Å². The van der Waals surface area contributed by atoms with E-state index in [1.54, 1.807) is 6.07 Å². The van der Waals surface area contributed by atoms with Gasteiger partial charge in [-0.1, -0.05) is 41.9 Å². The lowest BCUT2D eigenvalue weighted by molar-refractivity contribution is 0.148. The van der Waals surface area contributed by atoms with E-state index in [1.165, 1.54) is 11.8 Å². The highest BCUT2D eigenvalue weighted by Crippen LogP contribution is 2.36. The molecule has 0 bridgehead atoms. The summed E-state index contributed by atoms with van der Waals surface area (Å²) in [6.07, 6.45) is -0.0622. The van der Waals surface area contributed by atoms with Gasteiger partial charge in [0.15, 0.2) is 0 Å². The van der Waals surface area contributed by atoms with Crippen molar-refractivity contribution in [1.29, 1.82) is 0 Å². The summed E-state index contributed by atoms with van der Waals surface area (Å²) in [5.74, 6) is 0. The van der Waals surface area contributed by atoms with Crippen molar-refractivity contribution in [2.75, 3.05) is 0 Å². The van der Waals surface area contributed by atoms with Gasteiger partial charge in [-0.15, -0.1) is 0 Å². The van der Waals surface area contributed by atoms with E-state index in [0.29, 0.717) is 15.7 Å². The zero-order valence-electron chi connectivity index (χ0n) is 13.7. The minimum atomic E-state index is -0.813. The molecule has 1 amide bonds. The molecule has 2 aromatic rings. The molecule has 0 radical (unpaired) electrons. The fraction of sp³-hybridized carbons (Fsp3) is 0.375. The van der Waals surface area contributed by atoms with Gasteiger partial charge < -0.3 is 10.5 Å². The highest BCUT2D eigenvalue weighted by molar-refractivity contribution is 7.99. The summed E-state index contributed by atoms with van der Waals surface area (Å²) in [4.78, 5) is 11.8. The number of aromatic nitrogens is 2. The van der Waals surface area contributed by atoms with Crippen LogP contribution < -0.4 is 5.73 Å². The number of nitrogens with zero attached hydrogens (tertiary/aromatic N) is 2. The lowest BCUT2D eigenvalue weighted by atomic mass is 10.2. The number of ether oxygens (including phenoxy) is 1. The second-order valence-electron chi connectivity index (χ2n) is 5.44. The number of carbonyl (C=O) groups is 1. The van der Waals surface area contributed by atoms with Crippen LogP contribution >= 0.6 is 35.0 Å². The molecular weight excluding hydrogens is 369 g/mol. The lowest BCUT2D eigenvalue weighted by Crippen LogP contribution is -2.13. The molecule has 130 valence electrons. The van der Waals surface area contributed by atoms with Gasteiger partial charge in [0.25, 0.3) is 0 Å². The molecule has 0 saturated carbocycles.